The van der Waals surface area contributed by atoms with E-state index in [9.17, 15) is 14.4 Å². The van der Waals surface area contributed by atoms with Crippen LogP contribution in [0.15, 0.2) is 122 Å². The van der Waals surface area contributed by atoms with Crippen LogP contribution in [0.25, 0.3) is 0 Å². The molecule has 0 aromatic carbocycles. The maximum Gasteiger partial charge on any atom is 0.306 e. The molecule has 0 spiro atoms. The molecule has 354 valence electrons. The predicted molar refractivity (Wildman–Crippen MR) is 269 cm³/mol. The zero-order valence-electron chi connectivity index (χ0n) is 40.3. The van der Waals surface area contributed by atoms with Gasteiger partial charge in [0.2, 0.25) is 0 Å². The smallest absolute Gasteiger partial charge is 0.306 e. The van der Waals surface area contributed by atoms with Crippen molar-refractivity contribution < 1.29 is 28.6 Å². The summed E-state index contributed by atoms with van der Waals surface area (Å²) in [7, 11) is 0. The molecule has 0 N–H and O–H groups in total. The van der Waals surface area contributed by atoms with Crippen LogP contribution in [0.3, 0.4) is 0 Å². The summed E-state index contributed by atoms with van der Waals surface area (Å²) in [6.45, 7) is 6.26. The summed E-state index contributed by atoms with van der Waals surface area (Å²) in [6.07, 6.45) is 69.1. The van der Waals surface area contributed by atoms with Crippen molar-refractivity contribution in [2.45, 2.75) is 207 Å². The summed E-state index contributed by atoms with van der Waals surface area (Å²) in [5, 5.41) is 0. The Morgan fingerprint density at radius 1 is 0.333 bits per heavy atom. The summed E-state index contributed by atoms with van der Waals surface area (Å²) in [5.74, 6) is -1.04. The van der Waals surface area contributed by atoms with Gasteiger partial charge in [-0.3, -0.25) is 14.4 Å². The molecule has 1 atom stereocenters. The Morgan fingerprint density at radius 3 is 1.08 bits per heavy atom. The molecule has 0 rings (SSSR count). The van der Waals surface area contributed by atoms with Gasteiger partial charge in [-0.25, -0.2) is 0 Å². The van der Waals surface area contributed by atoms with Gasteiger partial charge in [-0.05, 0) is 109 Å². The highest BCUT2D eigenvalue weighted by Crippen LogP contribution is 2.12. The molecule has 0 saturated heterocycles. The van der Waals surface area contributed by atoms with Crippen molar-refractivity contribution in [1.29, 1.82) is 0 Å². The average molecular weight is 871 g/mol. The molecule has 0 aliphatic heterocycles. The Morgan fingerprint density at radius 2 is 0.651 bits per heavy atom. The molecule has 0 fully saturated rings. The molecule has 63 heavy (non-hydrogen) atoms. The highest BCUT2D eigenvalue weighted by molar-refractivity contribution is 5.71. The lowest BCUT2D eigenvalue weighted by atomic mass is 10.1. The van der Waals surface area contributed by atoms with E-state index < -0.39 is 6.10 Å². The standard InChI is InChI=1S/C57H90O6/c1-4-7-10-13-16-19-22-24-26-27-28-29-31-33-36-38-41-44-47-50-56(59)62-53-54(63-57(60)51-48-45-42-39-34-21-18-15-12-9-6-3)52-61-55(58)49-46-43-40-37-35-32-30-25-23-20-17-14-11-8-5-2/h7-8,10-11,15-20,24-26,28-30,33,36,41,44,54H,4-6,9,12-14,21-23,27,31-32,34-35,37-40,42-43,45-53H2,1-3H3/b10-7-,11-8-,18-15-,19-16-,20-17-,26-24-,29-28-,30-25-,36-33-,44-41-/t54-/m0/s1. The fourth-order valence-corrected chi connectivity index (χ4v) is 6.23. The van der Waals surface area contributed by atoms with Crippen molar-refractivity contribution in [3.63, 3.8) is 0 Å². The van der Waals surface area contributed by atoms with Gasteiger partial charge in [0.1, 0.15) is 13.2 Å². The first kappa shape index (κ1) is 58.8. The molecule has 0 heterocycles. The molecule has 0 bridgehead atoms. The van der Waals surface area contributed by atoms with Crippen LogP contribution in [-0.4, -0.2) is 37.2 Å². The normalized spacial score (nSPS) is 13.1. The Labute approximate surface area is 386 Å². The second-order valence-corrected chi connectivity index (χ2v) is 16.0. The number of hydrogen-bond donors (Lipinski definition) is 0. The number of carbonyl (C=O) groups is 3. The average Bonchev–Trinajstić information content (AvgIpc) is 3.28. The minimum absolute atomic E-state index is 0.117. The van der Waals surface area contributed by atoms with E-state index in [1.807, 2.05) is 12.2 Å². The van der Waals surface area contributed by atoms with E-state index in [0.29, 0.717) is 19.3 Å². The lowest BCUT2D eigenvalue weighted by molar-refractivity contribution is -0.166. The first-order valence-electron chi connectivity index (χ1n) is 25.0. The molecule has 0 aliphatic carbocycles. The Hall–Kier alpha value is -4.19. The maximum absolute atomic E-state index is 12.7. The third-order valence-electron chi connectivity index (χ3n) is 9.94. The summed E-state index contributed by atoms with van der Waals surface area (Å²) in [4.78, 5) is 37.9. The topological polar surface area (TPSA) is 78.9 Å². The molecular formula is C57H90O6. The van der Waals surface area contributed by atoms with Gasteiger partial charge in [-0.2, -0.15) is 0 Å². The summed E-state index contributed by atoms with van der Waals surface area (Å²) in [5.41, 5.74) is 0. The summed E-state index contributed by atoms with van der Waals surface area (Å²) >= 11 is 0. The van der Waals surface area contributed by atoms with Crippen molar-refractivity contribution in [3.05, 3.63) is 122 Å². The highest BCUT2D eigenvalue weighted by atomic mass is 16.6. The van der Waals surface area contributed by atoms with Gasteiger partial charge < -0.3 is 14.2 Å². The van der Waals surface area contributed by atoms with Gasteiger partial charge in [0.05, 0.1) is 0 Å². The van der Waals surface area contributed by atoms with Crippen molar-refractivity contribution >= 4 is 17.9 Å². The molecule has 6 heteroatoms. The molecule has 0 saturated carbocycles. The monoisotopic (exact) mass is 871 g/mol. The lowest BCUT2D eigenvalue weighted by Crippen LogP contribution is -2.30. The molecule has 0 amide bonds. The summed E-state index contributed by atoms with van der Waals surface area (Å²) < 4.78 is 16.7. The van der Waals surface area contributed by atoms with E-state index in [1.54, 1.807) is 0 Å². The Balaban J connectivity index is 4.53. The van der Waals surface area contributed by atoms with Gasteiger partial charge in [-0.1, -0.05) is 194 Å². The van der Waals surface area contributed by atoms with Crippen molar-refractivity contribution in [1.82, 2.24) is 0 Å². The molecule has 0 aliphatic rings. The SMILES string of the molecule is CC/C=C\C/C=C\C/C=C\C/C=C\C/C=C\C/C=C\CCC(=O)OC[C@H](COC(=O)CCCCCCC/C=C\C/C=C\C/C=C\CC)OC(=O)CCCCCCC/C=C\CCCC. The molecule has 0 radical (unpaired) electrons. The fourth-order valence-electron chi connectivity index (χ4n) is 6.23. The van der Waals surface area contributed by atoms with Gasteiger partial charge in [0.15, 0.2) is 6.10 Å². The fraction of sp³-hybridized carbons (Fsp3) is 0.596. The first-order valence-corrected chi connectivity index (χ1v) is 25.0. The van der Waals surface area contributed by atoms with Crippen LogP contribution in [0.1, 0.15) is 201 Å². The van der Waals surface area contributed by atoms with E-state index in [0.717, 1.165) is 135 Å². The number of unbranched alkanes of at least 4 members (excludes halogenated alkanes) is 12. The first-order chi connectivity index (χ1) is 31.0. The third-order valence-corrected chi connectivity index (χ3v) is 9.94. The third kappa shape index (κ3) is 48.7. The van der Waals surface area contributed by atoms with Crippen LogP contribution in [0, 0.1) is 0 Å². The van der Waals surface area contributed by atoms with E-state index >= 15 is 0 Å². The largest absolute Gasteiger partial charge is 0.462 e. The molecule has 0 aromatic heterocycles. The number of carbonyl (C=O) groups excluding carboxylic acids is 3. The zero-order valence-corrected chi connectivity index (χ0v) is 40.3. The second kappa shape index (κ2) is 50.5. The number of ether oxygens (including phenoxy) is 3. The van der Waals surface area contributed by atoms with Crippen molar-refractivity contribution in [2.75, 3.05) is 13.2 Å². The summed E-state index contributed by atoms with van der Waals surface area (Å²) in [6, 6.07) is 0. The van der Waals surface area contributed by atoms with Crippen LogP contribution < -0.4 is 0 Å². The van der Waals surface area contributed by atoms with Gasteiger partial charge in [-0.15, -0.1) is 0 Å². The Kier molecular flexibility index (Phi) is 47.1. The van der Waals surface area contributed by atoms with Crippen molar-refractivity contribution in [3.8, 4) is 0 Å². The Bertz CT molecular complexity index is 1370. The highest BCUT2D eigenvalue weighted by Gasteiger charge is 2.19. The van der Waals surface area contributed by atoms with Crippen LogP contribution >= 0.6 is 0 Å². The van der Waals surface area contributed by atoms with E-state index in [-0.39, 0.29) is 37.5 Å². The molecule has 0 unspecified atom stereocenters. The van der Waals surface area contributed by atoms with E-state index in [1.165, 1.54) is 19.3 Å². The van der Waals surface area contributed by atoms with Crippen LogP contribution in [-0.2, 0) is 28.6 Å². The second-order valence-electron chi connectivity index (χ2n) is 16.0. The molecular weight excluding hydrogens is 781 g/mol. The minimum Gasteiger partial charge on any atom is -0.462 e. The van der Waals surface area contributed by atoms with Gasteiger partial charge in [0, 0.05) is 19.3 Å². The predicted octanol–water partition coefficient (Wildman–Crippen LogP) is 16.5. The molecule has 0 aromatic rings. The quantitative estimate of drug-likeness (QED) is 0.0263. The number of allylic oxidation sites excluding steroid dienone is 20. The maximum atomic E-state index is 12.7. The number of esters is 3. The van der Waals surface area contributed by atoms with Gasteiger partial charge in [0.25, 0.3) is 0 Å². The van der Waals surface area contributed by atoms with Crippen LogP contribution in [0.4, 0.5) is 0 Å². The van der Waals surface area contributed by atoms with E-state index in [2.05, 4.69) is 130 Å². The van der Waals surface area contributed by atoms with Gasteiger partial charge >= 0.3 is 17.9 Å². The lowest BCUT2D eigenvalue weighted by Gasteiger charge is -2.18. The number of rotatable bonds is 43. The van der Waals surface area contributed by atoms with Crippen LogP contribution in [0.5, 0.6) is 0 Å². The number of hydrogen-bond acceptors (Lipinski definition) is 6. The molecule has 6 nitrogen and oxygen atoms in total. The minimum atomic E-state index is -0.822. The zero-order chi connectivity index (χ0) is 45.8. The van der Waals surface area contributed by atoms with Crippen LogP contribution in [0.2, 0.25) is 0 Å². The van der Waals surface area contributed by atoms with E-state index in [4.69, 9.17) is 14.2 Å². The van der Waals surface area contributed by atoms with Crippen molar-refractivity contribution in [2.24, 2.45) is 0 Å².